The van der Waals surface area contributed by atoms with E-state index < -0.39 is 0 Å². The van der Waals surface area contributed by atoms with Crippen LogP contribution in [0.1, 0.15) is 25.0 Å². The fraction of sp³-hybridized carbons (Fsp3) is 0.500. The van der Waals surface area contributed by atoms with E-state index in [4.69, 9.17) is 0 Å². The van der Waals surface area contributed by atoms with Crippen molar-refractivity contribution >= 4 is 10.9 Å². The second-order valence-corrected chi connectivity index (χ2v) is 5.46. The molecule has 0 amide bonds. The van der Waals surface area contributed by atoms with E-state index in [2.05, 4.69) is 45.5 Å². The molecule has 0 unspecified atom stereocenters. The summed E-state index contributed by atoms with van der Waals surface area (Å²) in [6.45, 7) is 5.76. The average Bonchev–Trinajstić information content (AvgIpc) is 2.87. The maximum Gasteiger partial charge on any atom is 0.0456 e. The van der Waals surface area contributed by atoms with Gasteiger partial charge >= 0.3 is 0 Å². The van der Waals surface area contributed by atoms with Crippen molar-refractivity contribution < 1.29 is 0 Å². The Balaban J connectivity index is 1.44. The van der Waals surface area contributed by atoms with E-state index >= 15 is 0 Å². The van der Waals surface area contributed by atoms with E-state index in [-0.39, 0.29) is 0 Å². The van der Waals surface area contributed by atoms with Crippen LogP contribution < -0.4 is 5.32 Å². The second-order valence-electron chi connectivity index (χ2n) is 5.46. The Labute approximate surface area is 115 Å². The van der Waals surface area contributed by atoms with Gasteiger partial charge in [0, 0.05) is 30.8 Å². The number of aromatic amines is 1. The number of para-hydroxylation sites is 1. The average molecular weight is 257 g/mol. The van der Waals surface area contributed by atoms with Gasteiger partial charge in [-0.2, -0.15) is 0 Å². The number of benzene rings is 1. The predicted molar refractivity (Wildman–Crippen MR) is 80.3 cm³/mol. The molecule has 19 heavy (non-hydrogen) atoms. The number of likely N-dealkylation sites (tertiary alicyclic amines) is 1. The van der Waals surface area contributed by atoms with Crippen molar-refractivity contribution in [3.8, 4) is 0 Å². The number of nitrogens with one attached hydrogen (secondary N) is 2. The Morgan fingerprint density at radius 2 is 1.95 bits per heavy atom. The molecule has 2 aromatic rings. The predicted octanol–water partition coefficient (Wildman–Crippen LogP) is 2.74. The topological polar surface area (TPSA) is 31.1 Å². The van der Waals surface area contributed by atoms with Crippen molar-refractivity contribution in [2.24, 2.45) is 0 Å². The van der Waals surface area contributed by atoms with Crippen LogP contribution in [0.2, 0.25) is 0 Å². The first-order valence-corrected chi connectivity index (χ1v) is 7.41. The number of hydrogen-bond donors (Lipinski definition) is 2. The van der Waals surface area contributed by atoms with Gasteiger partial charge in [-0.1, -0.05) is 24.6 Å². The molecule has 3 heteroatoms. The fourth-order valence-electron chi connectivity index (χ4n) is 2.87. The molecule has 0 aliphatic carbocycles. The molecular weight excluding hydrogens is 234 g/mol. The third-order valence-corrected chi connectivity index (χ3v) is 3.95. The Hall–Kier alpha value is -1.32. The third kappa shape index (κ3) is 3.37. The minimum Gasteiger partial charge on any atom is -0.357 e. The van der Waals surface area contributed by atoms with Crippen molar-refractivity contribution in [3.63, 3.8) is 0 Å². The van der Waals surface area contributed by atoms with Gasteiger partial charge in [-0.25, -0.2) is 0 Å². The van der Waals surface area contributed by atoms with Gasteiger partial charge in [0.05, 0.1) is 0 Å². The number of aromatic nitrogens is 1. The van der Waals surface area contributed by atoms with Crippen LogP contribution in [0.15, 0.2) is 30.3 Å². The van der Waals surface area contributed by atoms with E-state index in [1.54, 1.807) is 0 Å². The van der Waals surface area contributed by atoms with Crippen LogP contribution in [0.25, 0.3) is 10.9 Å². The van der Waals surface area contributed by atoms with Gasteiger partial charge in [0.1, 0.15) is 0 Å². The molecule has 2 N–H and O–H groups in total. The number of hydrogen-bond acceptors (Lipinski definition) is 2. The maximum atomic E-state index is 3.54. The van der Waals surface area contributed by atoms with E-state index in [0.717, 1.165) is 13.1 Å². The Morgan fingerprint density at radius 1 is 1.11 bits per heavy atom. The van der Waals surface area contributed by atoms with Crippen molar-refractivity contribution in [2.75, 3.05) is 26.2 Å². The monoisotopic (exact) mass is 257 g/mol. The summed E-state index contributed by atoms with van der Waals surface area (Å²) >= 11 is 0. The highest BCUT2D eigenvalue weighted by Crippen LogP contribution is 2.14. The Kier molecular flexibility index (Phi) is 4.16. The number of fused-ring (bicyclic) bond motifs is 1. The third-order valence-electron chi connectivity index (χ3n) is 3.95. The lowest BCUT2D eigenvalue weighted by Crippen LogP contribution is -2.35. The van der Waals surface area contributed by atoms with Gasteiger partial charge < -0.3 is 15.2 Å². The molecule has 2 heterocycles. The lowest BCUT2D eigenvalue weighted by Gasteiger charge is -2.26. The highest BCUT2D eigenvalue weighted by atomic mass is 15.1. The lowest BCUT2D eigenvalue weighted by atomic mass is 10.1. The first-order valence-electron chi connectivity index (χ1n) is 7.41. The maximum absolute atomic E-state index is 3.54. The SMILES string of the molecule is c1ccc2[nH]c(CNCCN3CCCCC3)cc2c1. The van der Waals surface area contributed by atoms with E-state index in [0.29, 0.717) is 0 Å². The zero-order chi connectivity index (χ0) is 12.9. The summed E-state index contributed by atoms with van der Waals surface area (Å²) in [5, 5.41) is 4.84. The quantitative estimate of drug-likeness (QED) is 0.807. The minimum atomic E-state index is 0.933. The summed E-state index contributed by atoms with van der Waals surface area (Å²) < 4.78 is 0. The summed E-state index contributed by atoms with van der Waals surface area (Å²) in [6.07, 6.45) is 4.17. The molecule has 1 aliphatic rings. The molecule has 3 nitrogen and oxygen atoms in total. The highest BCUT2D eigenvalue weighted by Gasteiger charge is 2.08. The molecule has 3 rings (SSSR count). The molecule has 0 atom stereocenters. The zero-order valence-corrected chi connectivity index (χ0v) is 11.5. The summed E-state index contributed by atoms with van der Waals surface area (Å²) in [7, 11) is 0. The van der Waals surface area contributed by atoms with E-state index in [1.165, 1.54) is 55.5 Å². The van der Waals surface area contributed by atoms with Gasteiger partial charge in [-0.15, -0.1) is 0 Å². The smallest absolute Gasteiger partial charge is 0.0456 e. The molecule has 0 radical (unpaired) electrons. The molecule has 1 fully saturated rings. The van der Waals surface area contributed by atoms with E-state index in [9.17, 15) is 0 Å². The van der Waals surface area contributed by atoms with Crippen LogP contribution in [-0.4, -0.2) is 36.1 Å². The summed E-state index contributed by atoms with van der Waals surface area (Å²) in [5.41, 5.74) is 2.51. The van der Waals surface area contributed by atoms with Gasteiger partial charge in [-0.3, -0.25) is 0 Å². The van der Waals surface area contributed by atoms with Crippen LogP contribution in [0.5, 0.6) is 0 Å². The summed E-state index contributed by atoms with van der Waals surface area (Å²) in [4.78, 5) is 6.03. The van der Waals surface area contributed by atoms with Gasteiger partial charge in [0.25, 0.3) is 0 Å². The van der Waals surface area contributed by atoms with E-state index in [1.807, 2.05) is 0 Å². The van der Waals surface area contributed by atoms with Gasteiger partial charge in [0.2, 0.25) is 0 Å². The number of H-pyrrole nitrogens is 1. The Morgan fingerprint density at radius 3 is 2.79 bits per heavy atom. The minimum absolute atomic E-state index is 0.933. The normalized spacial score (nSPS) is 17.1. The largest absolute Gasteiger partial charge is 0.357 e. The number of piperidine rings is 1. The molecule has 1 saturated heterocycles. The van der Waals surface area contributed by atoms with Crippen molar-refractivity contribution in [1.29, 1.82) is 0 Å². The van der Waals surface area contributed by atoms with Crippen molar-refractivity contribution in [2.45, 2.75) is 25.8 Å². The summed E-state index contributed by atoms with van der Waals surface area (Å²) in [6, 6.07) is 10.7. The molecule has 0 saturated carbocycles. The first-order chi connectivity index (χ1) is 9.42. The lowest BCUT2D eigenvalue weighted by molar-refractivity contribution is 0.229. The second kappa shape index (κ2) is 6.22. The summed E-state index contributed by atoms with van der Waals surface area (Å²) in [5.74, 6) is 0. The molecule has 0 bridgehead atoms. The number of rotatable bonds is 5. The number of nitrogens with zero attached hydrogens (tertiary/aromatic N) is 1. The van der Waals surface area contributed by atoms with Crippen molar-refractivity contribution in [3.05, 3.63) is 36.0 Å². The van der Waals surface area contributed by atoms with Crippen LogP contribution in [0.3, 0.4) is 0 Å². The first kappa shape index (κ1) is 12.7. The molecular formula is C16H23N3. The zero-order valence-electron chi connectivity index (χ0n) is 11.5. The van der Waals surface area contributed by atoms with Crippen LogP contribution in [0.4, 0.5) is 0 Å². The Bertz CT molecular complexity index is 478. The fourth-order valence-corrected chi connectivity index (χ4v) is 2.87. The van der Waals surface area contributed by atoms with Crippen molar-refractivity contribution in [1.82, 2.24) is 15.2 Å². The van der Waals surface area contributed by atoms with Gasteiger partial charge in [0.15, 0.2) is 0 Å². The molecule has 1 aromatic carbocycles. The highest BCUT2D eigenvalue weighted by molar-refractivity contribution is 5.80. The van der Waals surface area contributed by atoms with Gasteiger partial charge in [-0.05, 0) is 43.5 Å². The molecule has 1 aromatic heterocycles. The molecule has 1 aliphatic heterocycles. The van der Waals surface area contributed by atoms with Crippen LogP contribution in [-0.2, 0) is 6.54 Å². The van der Waals surface area contributed by atoms with Crippen LogP contribution in [0, 0.1) is 0 Å². The van der Waals surface area contributed by atoms with Crippen LogP contribution >= 0.6 is 0 Å². The molecule has 102 valence electrons. The molecule has 0 spiro atoms. The standard InChI is InChI=1S/C16H23N3/c1-4-9-19(10-5-1)11-8-17-13-15-12-14-6-2-3-7-16(14)18-15/h2-3,6-7,12,17-18H,1,4-5,8-11,13H2.